The van der Waals surface area contributed by atoms with Gasteiger partial charge in [0, 0.05) is 22.8 Å². The van der Waals surface area contributed by atoms with Gasteiger partial charge in [0.2, 0.25) is 0 Å². The summed E-state index contributed by atoms with van der Waals surface area (Å²) in [6.07, 6.45) is 3.86. The molecule has 0 saturated carbocycles. The monoisotopic (exact) mass is 292 g/mol. The fraction of sp³-hybridized carbons (Fsp3) is 0. The van der Waals surface area contributed by atoms with E-state index in [1.54, 1.807) is 0 Å². The van der Waals surface area contributed by atoms with E-state index in [4.69, 9.17) is 5.73 Å². The molecule has 0 fully saturated rings. The van der Waals surface area contributed by atoms with Crippen LogP contribution in [0.5, 0.6) is 0 Å². The highest BCUT2D eigenvalue weighted by molar-refractivity contribution is 7.10. The van der Waals surface area contributed by atoms with Crippen LogP contribution in [0.15, 0.2) is 60.9 Å². The van der Waals surface area contributed by atoms with Gasteiger partial charge in [-0.25, -0.2) is 4.68 Å². The molecule has 2 N–H and O–H groups in total. The fourth-order valence-corrected chi connectivity index (χ4v) is 3.14. The van der Waals surface area contributed by atoms with Crippen LogP contribution < -0.4 is 5.73 Å². The lowest BCUT2D eigenvalue weighted by Gasteiger charge is -1.99. The van der Waals surface area contributed by atoms with Gasteiger partial charge >= 0.3 is 0 Å². The molecule has 0 unspecified atom stereocenters. The van der Waals surface area contributed by atoms with E-state index >= 15 is 0 Å². The molecule has 0 aliphatic carbocycles. The molecule has 0 bridgehead atoms. The summed E-state index contributed by atoms with van der Waals surface area (Å²) < 4.78 is 6.33. The first-order chi connectivity index (χ1) is 10.3. The first-order valence-electron chi connectivity index (χ1n) is 6.57. The highest BCUT2D eigenvalue weighted by Gasteiger charge is 2.09. The van der Waals surface area contributed by atoms with Crippen LogP contribution in [-0.2, 0) is 0 Å². The van der Waals surface area contributed by atoms with Gasteiger partial charge in [-0.05, 0) is 41.4 Å². The van der Waals surface area contributed by atoms with Crippen LogP contribution in [0.4, 0.5) is 5.69 Å². The first-order valence-corrected chi connectivity index (χ1v) is 7.34. The summed E-state index contributed by atoms with van der Waals surface area (Å²) in [6, 6.07) is 15.9. The van der Waals surface area contributed by atoms with Crippen molar-refractivity contribution in [3.8, 4) is 16.1 Å². The van der Waals surface area contributed by atoms with E-state index in [0.717, 1.165) is 32.7 Å². The average molecular weight is 292 g/mol. The zero-order valence-corrected chi connectivity index (χ0v) is 11.9. The Kier molecular flexibility index (Phi) is 2.72. The highest BCUT2D eigenvalue weighted by atomic mass is 32.1. The number of aromatic nitrogens is 3. The maximum absolute atomic E-state index is 5.84. The van der Waals surface area contributed by atoms with Crippen LogP contribution in [0.1, 0.15) is 0 Å². The molecule has 2 aromatic carbocycles. The summed E-state index contributed by atoms with van der Waals surface area (Å²) in [6.45, 7) is 0. The van der Waals surface area contributed by atoms with Crippen molar-refractivity contribution in [3.63, 3.8) is 0 Å². The van der Waals surface area contributed by atoms with E-state index in [9.17, 15) is 0 Å². The quantitative estimate of drug-likeness (QED) is 0.573. The van der Waals surface area contributed by atoms with Crippen molar-refractivity contribution in [2.75, 3.05) is 5.73 Å². The van der Waals surface area contributed by atoms with Gasteiger partial charge in [-0.3, -0.25) is 0 Å². The van der Waals surface area contributed by atoms with Gasteiger partial charge in [0.15, 0.2) is 0 Å². The minimum atomic E-state index is 0.753. The van der Waals surface area contributed by atoms with Crippen molar-refractivity contribution in [1.29, 1.82) is 0 Å². The molecule has 2 heterocycles. The normalized spacial score (nSPS) is 11.0. The summed E-state index contributed by atoms with van der Waals surface area (Å²) in [4.78, 5) is 0. The number of fused-ring (bicyclic) bond motifs is 1. The maximum Gasteiger partial charge on any atom is 0.145 e. The topological polar surface area (TPSA) is 56.7 Å². The van der Waals surface area contributed by atoms with Gasteiger partial charge in [-0.15, -0.1) is 0 Å². The van der Waals surface area contributed by atoms with Crippen LogP contribution in [0.2, 0.25) is 0 Å². The van der Waals surface area contributed by atoms with Crippen LogP contribution in [0.3, 0.4) is 0 Å². The predicted molar refractivity (Wildman–Crippen MR) is 86.6 cm³/mol. The van der Waals surface area contributed by atoms with Crippen LogP contribution >= 0.6 is 11.5 Å². The number of nitrogens with two attached hydrogens (primary N) is 1. The van der Waals surface area contributed by atoms with Crippen molar-refractivity contribution >= 4 is 28.1 Å². The van der Waals surface area contributed by atoms with Crippen molar-refractivity contribution in [3.05, 3.63) is 60.9 Å². The number of rotatable bonds is 2. The Bertz CT molecular complexity index is 923. The van der Waals surface area contributed by atoms with Crippen LogP contribution in [-0.4, -0.2) is 14.2 Å². The average Bonchev–Trinajstić information content (AvgIpc) is 3.14. The third kappa shape index (κ3) is 2.08. The van der Waals surface area contributed by atoms with Crippen molar-refractivity contribution in [2.24, 2.45) is 0 Å². The lowest BCUT2D eigenvalue weighted by Crippen LogP contribution is -1.90. The van der Waals surface area contributed by atoms with E-state index in [1.807, 2.05) is 59.5 Å². The second-order valence-corrected chi connectivity index (χ2v) is 5.56. The Balaban J connectivity index is 1.81. The van der Waals surface area contributed by atoms with Crippen LogP contribution in [0.25, 0.3) is 27.0 Å². The molecule has 0 spiro atoms. The smallest absolute Gasteiger partial charge is 0.145 e. The fourth-order valence-electron chi connectivity index (χ4n) is 2.34. The number of hydrogen-bond donors (Lipinski definition) is 1. The standard InChI is InChI=1S/C16H12N4S/c17-13-5-3-4-11(8-13)12-9-18-20(10-12)16-14-6-1-2-7-15(14)19-21-16/h1-10H,17H2. The number of hydrogen-bond acceptors (Lipinski definition) is 4. The molecule has 5 heteroatoms. The molecule has 4 aromatic rings. The molecule has 2 aromatic heterocycles. The van der Waals surface area contributed by atoms with Gasteiger partial charge in [0.1, 0.15) is 5.00 Å². The second-order valence-electron chi connectivity index (χ2n) is 4.80. The molecule has 4 rings (SSSR count). The summed E-state index contributed by atoms with van der Waals surface area (Å²) in [5.74, 6) is 0. The van der Waals surface area contributed by atoms with Gasteiger partial charge in [0.05, 0.1) is 11.7 Å². The van der Waals surface area contributed by atoms with E-state index < -0.39 is 0 Å². The molecular weight excluding hydrogens is 280 g/mol. The van der Waals surface area contributed by atoms with Gasteiger partial charge in [-0.1, -0.05) is 24.3 Å². The number of anilines is 1. The maximum atomic E-state index is 5.84. The zero-order chi connectivity index (χ0) is 14.2. The largest absolute Gasteiger partial charge is 0.399 e. The SMILES string of the molecule is Nc1cccc(-c2cnn(-c3snc4ccccc34)c2)c1. The molecule has 0 aliphatic rings. The minimum absolute atomic E-state index is 0.753. The zero-order valence-electron chi connectivity index (χ0n) is 11.1. The Hall–Kier alpha value is -2.66. The molecule has 0 saturated heterocycles. The first kappa shape index (κ1) is 12.1. The predicted octanol–water partition coefficient (Wildman–Crippen LogP) is 3.73. The second kappa shape index (κ2) is 4.71. The van der Waals surface area contributed by atoms with Crippen LogP contribution in [0, 0.1) is 0 Å². The third-order valence-electron chi connectivity index (χ3n) is 3.38. The number of benzene rings is 2. The molecule has 102 valence electrons. The molecule has 21 heavy (non-hydrogen) atoms. The van der Waals surface area contributed by atoms with Gasteiger partial charge in [0.25, 0.3) is 0 Å². The summed E-state index contributed by atoms with van der Waals surface area (Å²) in [7, 11) is 0. The number of nitrogens with zero attached hydrogens (tertiary/aromatic N) is 3. The minimum Gasteiger partial charge on any atom is -0.399 e. The van der Waals surface area contributed by atoms with E-state index in [1.165, 1.54) is 11.5 Å². The Morgan fingerprint density at radius 3 is 2.81 bits per heavy atom. The molecule has 0 amide bonds. The molecular formula is C16H12N4S. The van der Waals surface area contributed by atoms with Crippen molar-refractivity contribution in [2.45, 2.75) is 0 Å². The lowest BCUT2D eigenvalue weighted by molar-refractivity contribution is 0.903. The highest BCUT2D eigenvalue weighted by Crippen LogP contribution is 2.28. The lowest BCUT2D eigenvalue weighted by atomic mass is 10.1. The molecule has 0 radical (unpaired) electrons. The van der Waals surface area contributed by atoms with E-state index in [0.29, 0.717) is 0 Å². The summed E-state index contributed by atoms with van der Waals surface area (Å²) in [5, 5.41) is 6.61. The van der Waals surface area contributed by atoms with E-state index in [-0.39, 0.29) is 0 Å². The number of nitrogen functional groups attached to an aromatic ring is 1. The summed E-state index contributed by atoms with van der Waals surface area (Å²) in [5.41, 5.74) is 9.69. The van der Waals surface area contributed by atoms with E-state index in [2.05, 4.69) is 15.5 Å². The molecule has 4 nitrogen and oxygen atoms in total. The van der Waals surface area contributed by atoms with Crippen molar-refractivity contribution in [1.82, 2.24) is 14.2 Å². The molecule has 0 aliphatic heterocycles. The van der Waals surface area contributed by atoms with Gasteiger partial charge < -0.3 is 5.73 Å². The third-order valence-corrected chi connectivity index (χ3v) is 4.24. The Morgan fingerprint density at radius 1 is 1.00 bits per heavy atom. The summed E-state index contributed by atoms with van der Waals surface area (Å²) >= 11 is 1.45. The molecule has 0 atom stereocenters. The Morgan fingerprint density at radius 2 is 1.90 bits per heavy atom. The Labute approximate surface area is 125 Å². The van der Waals surface area contributed by atoms with Gasteiger partial charge in [-0.2, -0.15) is 9.47 Å². The van der Waals surface area contributed by atoms with Crippen molar-refractivity contribution < 1.29 is 0 Å².